The van der Waals surface area contributed by atoms with Crippen molar-refractivity contribution in [2.24, 2.45) is 0 Å². The minimum Gasteiger partial charge on any atom is -0.480 e. The Kier molecular flexibility index (Phi) is 6.41. The third kappa shape index (κ3) is 4.95. The highest BCUT2D eigenvalue weighted by molar-refractivity contribution is 6.36. The molecule has 1 atom stereocenters. The Morgan fingerprint density at radius 2 is 2.03 bits per heavy atom. The summed E-state index contributed by atoms with van der Waals surface area (Å²) in [6.45, 7) is 7.52. The molecule has 2 N–H and O–H groups in total. The molecule has 1 amide bonds. The van der Waals surface area contributed by atoms with E-state index in [1.54, 1.807) is 26.8 Å². The number of hydrogen-bond acceptors (Lipinski definition) is 7. The summed E-state index contributed by atoms with van der Waals surface area (Å²) in [4.78, 5) is 27.8. The van der Waals surface area contributed by atoms with Crippen molar-refractivity contribution in [2.75, 3.05) is 43.1 Å². The largest absolute Gasteiger partial charge is 0.480 e. The number of benzene rings is 1. The molecule has 2 heterocycles. The van der Waals surface area contributed by atoms with Crippen molar-refractivity contribution in [3.8, 4) is 6.07 Å². The van der Waals surface area contributed by atoms with E-state index in [2.05, 4.69) is 11.4 Å². The molecule has 2 saturated heterocycles. The summed E-state index contributed by atoms with van der Waals surface area (Å²) in [6.07, 6.45) is -0.691. The summed E-state index contributed by atoms with van der Waals surface area (Å²) in [5, 5.41) is 22.0. The Balaban J connectivity index is 1.85. The van der Waals surface area contributed by atoms with E-state index in [0.29, 0.717) is 37.6 Å². The maximum atomic E-state index is 12.2. The van der Waals surface area contributed by atoms with Crippen LogP contribution in [0.2, 0.25) is 5.02 Å². The maximum Gasteiger partial charge on any atom is 0.412 e. The molecule has 2 aliphatic rings. The van der Waals surface area contributed by atoms with Gasteiger partial charge in [0.1, 0.15) is 11.6 Å². The van der Waals surface area contributed by atoms with Gasteiger partial charge in [-0.05, 0) is 32.9 Å². The van der Waals surface area contributed by atoms with E-state index in [9.17, 15) is 20.0 Å². The summed E-state index contributed by atoms with van der Waals surface area (Å²) in [6, 6.07) is 4.49. The lowest BCUT2D eigenvalue weighted by Crippen LogP contribution is -2.63. The standard InChI is InChI=1S/C20H25ClN4O5/c1-20(2,3)30-19(28)23-14-6-12(8-22)7-15(17(14)21)24-4-5-25(13-10-29-11-13)16(9-24)18(26)27/h6-7,13,16H,4-5,9-11H2,1-3H3,(H,23,28)(H,26,27). The van der Waals surface area contributed by atoms with Gasteiger partial charge in [-0.15, -0.1) is 0 Å². The lowest BCUT2D eigenvalue weighted by molar-refractivity contribution is -0.150. The zero-order valence-electron chi connectivity index (χ0n) is 17.1. The molecular weight excluding hydrogens is 412 g/mol. The van der Waals surface area contributed by atoms with Gasteiger partial charge in [0.2, 0.25) is 0 Å². The van der Waals surface area contributed by atoms with Crippen molar-refractivity contribution in [3.05, 3.63) is 22.7 Å². The second-order valence-electron chi connectivity index (χ2n) is 8.32. The van der Waals surface area contributed by atoms with Crippen LogP contribution in [0.1, 0.15) is 26.3 Å². The van der Waals surface area contributed by atoms with Crippen LogP contribution in [-0.2, 0) is 14.3 Å². The minimum atomic E-state index is -0.925. The third-order valence-electron chi connectivity index (χ3n) is 4.96. The van der Waals surface area contributed by atoms with Crippen LogP contribution >= 0.6 is 11.6 Å². The average Bonchev–Trinajstić information content (AvgIpc) is 2.60. The van der Waals surface area contributed by atoms with E-state index in [0.717, 1.165) is 0 Å². The molecular formula is C20H25ClN4O5. The number of nitriles is 1. The topological polar surface area (TPSA) is 115 Å². The van der Waals surface area contributed by atoms with Gasteiger partial charge < -0.3 is 19.5 Å². The lowest BCUT2D eigenvalue weighted by atomic mass is 10.1. The Hall–Kier alpha value is -2.54. The number of carboxylic acids is 1. The third-order valence-corrected chi connectivity index (χ3v) is 5.35. The SMILES string of the molecule is CC(C)(C)OC(=O)Nc1cc(C#N)cc(N2CCN(C3COC3)C(C(=O)O)C2)c1Cl. The monoisotopic (exact) mass is 436 g/mol. The van der Waals surface area contributed by atoms with Gasteiger partial charge in [-0.2, -0.15) is 5.26 Å². The summed E-state index contributed by atoms with van der Waals surface area (Å²) >= 11 is 6.55. The molecule has 0 aromatic heterocycles. The van der Waals surface area contributed by atoms with Crippen molar-refractivity contribution in [2.45, 2.75) is 38.5 Å². The van der Waals surface area contributed by atoms with E-state index in [1.807, 2.05) is 9.80 Å². The van der Waals surface area contributed by atoms with E-state index >= 15 is 0 Å². The number of anilines is 2. The molecule has 1 aromatic rings. The highest BCUT2D eigenvalue weighted by atomic mass is 35.5. The smallest absolute Gasteiger partial charge is 0.412 e. The Morgan fingerprint density at radius 3 is 2.57 bits per heavy atom. The van der Waals surface area contributed by atoms with Crippen LogP contribution in [0.4, 0.5) is 16.2 Å². The van der Waals surface area contributed by atoms with Crippen molar-refractivity contribution < 1.29 is 24.2 Å². The fourth-order valence-electron chi connectivity index (χ4n) is 3.50. The normalized spacial score (nSPS) is 20.2. The number of carboxylic acid groups (broad SMARTS) is 1. The van der Waals surface area contributed by atoms with Crippen LogP contribution in [0.15, 0.2) is 12.1 Å². The lowest BCUT2D eigenvalue weighted by Gasteiger charge is -2.46. The van der Waals surface area contributed by atoms with Gasteiger partial charge in [-0.1, -0.05) is 11.6 Å². The number of aliphatic carboxylic acids is 1. The summed E-state index contributed by atoms with van der Waals surface area (Å²) in [5.74, 6) is -0.925. The van der Waals surface area contributed by atoms with Crippen LogP contribution in [0, 0.1) is 11.3 Å². The van der Waals surface area contributed by atoms with E-state index in [1.165, 1.54) is 6.07 Å². The van der Waals surface area contributed by atoms with E-state index < -0.39 is 23.7 Å². The highest BCUT2D eigenvalue weighted by Gasteiger charge is 2.39. The Labute approximate surface area is 180 Å². The number of nitrogens with zero attached hydrogens (tertiary/aromatic N) is 3. The van der Waals surface area contributed by atoms with Crippen molar-refractivity contribution in [1.29, 1.82) is 5.26 Å². The van der Waals surface area contributed by atoms with Gasteiger partial charge >= 0.3 is 12.1 Å². The fraction of sp³-hybridized carbons (Fsp3) is 0.550. The molecule has 0 bridgehead atoms. The second-order valence-corrected chi connectivity index (χ2v) is 8.70. The van der Waals surface area contributed by atoms with Crippen LogP contribution in [0.3, 0.4) is 0 Å². The molecule has 0 saturated carbocycles. The molecule has 1 unspecified atom stereocenters. The molecule has 1 aromatic carbocycles. The number of piperazine rings is 1. The number of nitrogens with one attached hydrogen (secondary N) is 1. The second kappa shape index (κ2) is 8.68. The van der Waals surface area contributed by atoms with Crippen LogP contribution < -0.4 is 10.2 Å². The van der Waals surface area contributed by atoms with Gasteiger partial charge in [0, 0.05) is 19.6 Å². The number of halogens is 1. The molecule has 2 fully saturated rings. The Morgan fingerprint density at radius 1 is 1.33 bits per heavy atom. The predicted molar refractivity (Wildman–Crippen MR) is 111 cm³/mol. The molecule has 162 valence electrons. The van der Waals surface area contributed by atoms with Crippen LogP contribution in [0.5, 0.6) is 0 Å². The first-order chi connectivity index (χ1) is 14.1. The average molecular weight is 437 g/mol. The van der Waals surface area contributed by atoms with Gasteiger partial charge in [0.15, 0.2) is 0 Å². The van der Waals surface area contributed by atoms with Gasteiger partial charge in [0.25, 0.3) is 0 Å². The number of carbonyl (C=O) groups excluding carboxylic acids is 1. The summed E-state index contributed by atoms with van der Waals surface area (Å²) in [7, 11) is 0. The van der Waals surface area contributed by atoms with Gasteiger partial charge in [-0.3, -0.25) is 15.0 Å². The molecule has 0 radical (unpaired) electrons. The zero-order chi connectivity index (χ0) is 22.1. The number of amides is 1. The summed E-state index contributed by atoms with van der Waals surface area (Å²) in [5.41, 5.74) is 0.337. The molecule has 10 heteroatoms. The number of carbonyl (C=O) groups is 2. The van der Waals surface area contributed by atoms with Crippen molar-refractivity contribution >= 4 is 35.0 Å². The zero-order valence-corrected chi connectivity index (χ0v) is 17.9. The molecule has 3 rings (SSSR count). The highest BCUT2D eigenvalue weighted by Crippen LogP contribution is 2.36. The molecule has 2 aliphatic heterocycles. The molecule has 0 spiro atoms. The van der Waals surface area contributed by atoms with Gasteiger partial charge in [0.05, 0.1) is 47.3 Å². The fourth-order valence-corrected chi connectivity index (χ4v) is 3.77. The molecule has 9 nitrogen and oxygen atoms in total. The van der Waals surface area contributed by atoms with E-state index in [4.69, 9.17) is 21.1 Å². The number of rotatable bonds is 4. The van der Waals surface area contributed by atoms with Crippen molar-refractivity contribution in [1.82, 2.24) is 4.90 Å². The summed E-state index contributed by atoms with van der Waals surface area (Å²) < 4.78 is 10.5. The minimum absolute atomic E-state index is 0.0959. The molecule has 30 heavy (non-hydrogen) atoms. The first-order valence-corrected chi connectivity index (χ1v) is 10.0. The first kappa shape index (κ1) is 22.2. The van der Waals surface area contributed by atoms with Crippen molar-refractivity contribution in [3.63, 3.8) is 0 Å². The number of ether oxygens (including phenoxy) is 2. The quantitative estimate of drug-likeness (QED) is 0.739. The van der Waals surface area contributed by atoms with E-state index in [-0.39, 0.29) is 23.3 Å². The first-order valence-electron chi connectivity index (χ1n) is 9.64. The maximum absolute atomic E-state index is 12.2. The molecule has 0 aliphatic carbocycles. The predicted octanol–water partition coefficient (Wildman–Crippen LogP) is 2.53. The Bertz CT molecular complexity index is 875. The van der Waals surface area contributed by atoms with Crippen LogP contribution in [-0.4, -0.2) is 72.6 Å². The van der Waals surface area contributed by atoms with Gasteiger partial charge in [-0.25, -0.2) is 4.79 Å². The van der Waals surface area contributed by atoms with Crippen LogP contribution in [0.25, 0.3) is 0 Å². The number of hydrogen-bond donors (Lipinski definition) is 2.